The molecule has 0 radical (unpaired) electrons. The Kier molecular flexibility index (Phi) is 5.70. The monoisotopic (exact) mass is 559 g/mol. The quantitative estimate of drug-likeness (QED) is 0.386. The van der Waals surface area contributed by atoms with Crippen LogP contribution >= 0.6 is 47.8 Å². The second-order valence-corrected chi connectivity index (χ2v) is 8.70. The van der Waals surface area contributed by atoms with Crippen molar-refractivity contribution in [2.45, 2.75) is 11.2 Å². The molecule has 1 unspecified atom stereocenters. The number of Topliss-reactive ketones (excluding diaryl/α,β-unsaturated/α-hetero) is 1. The molecular formula is C19H16Br3NO4. The van der Waals surface area contributed by atoms with E-state index in [0.717, 1.165) is 0 Å². The van der Waals surface area contributed by atoms with Crippen molar-refractivity contribution in [1.82, 2.24) is 0 Å². The first-order chi connectivity index (χ1) is 12.8. The topological polar surface area (TPSA) is 55.8 Å². The maximum atomic E-state index is 13.5. The number of anilines is 1. The second-order valence-electron chi connectivity index (χ2n) is 5.87. The highest BCUT2D eigenvalue weighted by molar-refractivity contribution is 9.11. The summed E-state index contributed by atoms with van der Waals surface area (Å²) < 4.78 is 10.3. The molecule has 27 heavy (non-hydrogen) atoms. The summed E-state index contributed by atoms with van der Waals surface area (Å²) in [6.07, 6.45) is 0. The number of nitrogens with zero attached hydrogens (tertiary/aromatic N) is 1. The van der Waals surface area contributed by atoms with E-state index in [1.165, 1.54) is 7.11 Å². The lowest BCUT2D eigenvalue weighted by molar-refractivity contribution is -0.120. The van der Waals surface area contributed by atoms with Crippen molar-refractivity contribution >= 4 is 65.2 Å². The summed E-state index contributed by atoms with van der Waals surface area (Å²) in [6, 6.07) is 8.58. The third-order valence-corrected chi connectivity index (χ3v) is 7.01. The normalized spacial score (nSPS) is 19.1. The molecule has 0 saturated heterocycles. The van der Waals surface area contributed by atoms with Crippen LogP contribution in [0.15, 0.2) is 39.3 Å². The van der Waals surface area contributed by atoms with E-state index >= 15 is 0 Å². The van der Waals surface area contributed by atoms with E-state index < -0.39 is 4.32 Å². The minimum Gasteiger partial charge on any atom is -0.497 e. The van der Waals surface area contributed by atoms with Crippen LogP contribution in [0.4, 0.5) is 5.69 Å². The van der Waals surface area contributed by atoms with Gasteiger partial charge < -0.3 is 14.4 Å². The molecule has 0 aromatic heterocycles. The Morgan fingerprint density at radius 2 is 1.70 bits per heavy atom. The fourth-order valence-corrected chi connectivity index (χ4v) is 5.51. The highest BCUT2D eigenvalue weighted by atomic mass is 79.9. The van der Waals surface area contributed by atoms with Gasteiger partial charge in [0.15, 0.2) is 10.1 Å². The van der Waals surface area contributed by atoms with E-state index in [-0.39, 0.29) is 11.7 Å². The predicted molar refractivity (Wildman–Crippen MR) is 114 cm³/mol. The molecule has 0 spiro atoms. The van der Waals surface area contributed by atoms with Gasteiger partial charge in [-0.05, 0) is 62.5 Å². The van der Waals surface area contributed by atoms with E-state index in [4.69, 9.17) is 9.47 Å². The van der Waals surface area contributed by atoms with Gasteiger partial charge in [0.05, 0.1) is 28.9 Å². The third kappa shape index (κ3) is 3.02. The number of halogens is 3. The molecule has 3 rings (SSSR count). The largest absolute Gasteiger partial charge is 0.497 e. The first-order valence-corrected chi connectivity index (χ1v) is 10.4. The minimum atomic E-state index is -1.50. The van der Waals surface area contributed by atoms with Crippen LogP contribution in [-0.4, -0.2) is 32.5 Å². The average Bonchev–Trinajstić information content (AvgIpc) is 2.68. The molecule has 2 aromatic carbocycles. The molecule has 0 bridgehead atoms. The summed E-state index contributed by atoms with van der Waals surface area (Å²) in [4.78, 5) is 28.4. The lowest BCUT2D eigenvalue weighted by atomic mass is 9.84. The number of hydrogen-bond acceptors (Lipinski definition) is 4. The Labute approximate surface area is 182 Å². The van der Waals surface area contributed by atoms with Gasteiger partial charge in [0.1, 0.15) is 11.5 Å². The Bertz CT molecular complexity index is 930. The lowest BCUT2D eigenvalue weighted by Crippen LogP contribution is -2.52. The molecule has 1 heterocycles. The molecule has 142 valence electrons. The average molecular weight is 562 g/mol. The van der Waals surface area contributed by atoms with Crippen LogP contribution in [0.2, 0.25) is 0 Å². The molecule has 1 aliphatic rings. The zero-order valence-electron chi connectivity index (χ0n) is 14.8. The number of amides is 1. The molecular weight excluding hydrogens is 546 g/mol. The van der Waals surface area contributed by atoms with Crippen molar-refractivity contribution in [1.29, 1.82) is 0 Å². The number of ether oxygens (including phenoxy) is 2. The zero-order chi connectivity index (χ0) is 19.9. The Hall–Kier alpha value is -1.38. The Balaban J connectivity index is 2.26. The number of likely N-dealkylation sites (N-methyl/N-ethyl adjacent to an activating group) is 1. The summed E-state index contributed by atoms with van der Waals surface area (Å²) >= 11 is 10.4. The number of alkyl halides is 1. The Morgan fingerprint density at radius 3 is 2.22 bits per heavy atom. The van der Waals surface area contributed by atoms with Gasteiger partial charge in [-0.25, -0.2) is 0 Å². The molecule has 1 atom stereocenters. The highest BCUT2D eigenvalue weighted by Crippen LogP contribution is 2.51. The van der Waals surface area contributed by atoms with Crippen molar-refractivity contribution < 1.29 is 19.1 Å². The van der Waals surface area contributed by atoms with Gasteiger partial charge in [-0.2, -0.15) is 0 Å². The highest BCUT2D eigenvalue weighted by Gasteiger charge is 2.53. The van der Waals surface area contributed by atoms with Crippen molar-refractivity contribution in [2.24, 2.45) is 0 Å². The number of ketones is 1. The summed E-state index contributed by atoms with van der Waals surface area (Å²) in [5.74, 6) is 0.493. The first-order valence-electron chi connectivity index (χ1n) is 8.07. The number of carbonyl (C=O) groups excluding carboxylic acids is 2. The molecule has 0 aliphatic carbocycles. The van der Waals surface area contributed by atoms with Crippen LogP contribution in [0, 0.1) is 0 Å². The van der Waals surface area contributed by atoms with Gasteiger partial charge in [-0.3, -0.25) is 9.59 Å². The van der Waals surface area contributed by atoms with E-state index in [1.807, 2.05) is 6.92 Å². The molecule has 0 fully saturated rings. The van der Waals surface area contributed by atoms with Crippen molar-refractivity contribution in [3.63, 3.8) is 0 Å². The first kappa shape index (κ1) is 20.4. The van der Waals surface area contributed by atoms with Gasteiger partial charge in [0.25, 0.3) is 5.91 Å². The van der Waals surface area contributed by atoms with Crippen LogP contribution in [0.3, 0.4) is 0 Å². The molecule has 2 aromatic rings. The van der Waals surface area contributed by atoms with Crippen LogP contribution in [-0.2, 0) is 9.12 Å². The van der Waals surface area contributed by atoms with Crippen LogP contribution in [0.25, 0.3) is 0 Å². The SMILES string of the molecule is CCN1C(=O)C(Br)(c2ccc(OC)cc2)C(=O)c2cc(Br)c(OC)c(Br)c21. The van der Waals surface area contributed by atoms with Crippen molar-refractivity contribution in [3.8, 4) is 11.5 Å². The van der Waals surface area contributed by atoms with Crippen LogP contribution in [0.1, 0.15) is 22.8 Å². The lowest BCUT2D eigenvalue weighted by Gasteiger charge is -2.39. The van der Waals surface area contributed by atoms with Crippen molar-refractivity contribution in [3.05, 3.63) is 50.4 Å². The van der Waals surface area contributed by atoms with Gasteiger partial charge in [-0.1, -0.05) is 28.1 Å². The van der Waals surface area contributed by atoms with Gasteiger partial charge >= 0.3 is 0 Å². The molecule has 1 amide bonds. The van der Waals surface area contributed by atoms with E-state index in [0.29, 0.717) is 43.8 Å². The zero-order valence-corrected chi connectivity index (χ0v) is 19.6. The van der Waals surface area contributed by atoms with E-state index in [9.17, 15) is 9.59 Å². The van der Waals surface area contributed by atoms with Crippen LogP contribution < -0.4 is 14.4 Å². The number of fused-ring (bicyclic) bond motifs is 1. The van der Waals surface area contributed by atoms with Gasteiger partial charge in [0, 0.05) is 12.1 Å². The summed E-state index contributed by atoms with van der Waals surface area (Å²) in [6.45, 7) is 2.26. The number of benzene rings is 2. The summed E-state index contributed by atoms with van der Waals surface area (Å²) in [5.41, 5.74) is 1.48. The maximum absolute atomic E-state index is 13.5. The summed E-state index contributed by atoms with van der Waals surface area (Å²) in [5, 5.41) is 0. The van der Waals surface area contributed by atoms with Crippen molar-refractivity contribution in [2.75, 3.05) is 25.7 Å². The molecule has 1 aliphatic heterocycles. The van der Waals surface area contributed by atoms with Gasteiger partial charge in [0.2, 0.25) is 0 Å². The second kappa shape index (κ2) is 7.56. The maximum Gasteiger partial charge on any atom is 0.256 e. The molecule has 0 N–H and O–H groups in total. The van der Waals surface area contributed by atoms with Crippen LogP contribution in [0.5, 0.6) is 11.5 Å². The van der Waals surface area contributed by atoms with E-state index in [2.05, 4.69) is 47.8 Å². The Morgan fingerprint density at radius 1 is 1.07 bits per heavy atom. The number of rotatable bonds is 4. The number of methoxy groups -OCH3 is 2. The standard InChI is InChI=1S/C19H16Br3NO4/c1-4-23-15-12(9-13(20)16(27-3)14(15)21)17(24)19(22,18(23)25)10-5-7-11(26-2)8-6-10/h5-9H,4H2,1-3H3. The molecule has 8 heteroatoms. The minimum absolute atomic E-state index is 0.332. The smallest absolute Gasteiger partial charge is 0.256 e. The summed E-state index contributed by atoms with van der Waals surface area (Å²) in [7, 11) is 3.10. The third-order valence-electron chi connectivity index (χ3n) is 4.53. The molecule has 0 saturated carbocycles. The van der Waals surface area contributed by atoms with E-state index in [1.54, 1.807) is 42.3 Å². The fraction of sp³-hybridized carbons (Fsp3) is 0.263. The fourth-order valence-electron chi connectivity index (χ4n) is 3.16. The van der Waals surface area contributed by atoms with Gasteiger partial charge in [-0.15, -0.1) is 0 Å². The number of hydrogen-bond donors (Lipinski definition) is 0. The number of carbonyl (C=O) groups is 2. The predicted octanol–water partition coefficient (Wildman–Crippen LogP) is 5.07. The molecule has 5 nitrogen and oxygen atoms in total.